The first-order valence-corrected chi connectivity index (χ1v) is 9.86. The van der Waals surface area contributed by atoms with Crippen molar-refractivity contribution < 1.29 is 25.0 Å². The molecule has 3 heterocycles. The topological polar surface area (TPSA) is 183 Å². The van der Waals surface area contributed by atoms with Crippen molar-refractivity contribution in [2.45, 2.75) is 35.3 Å². The molecule has 0 saturated carbocycles. The fraction of sp³-hybridized carbons (Fsp3) is 0.353. The first-order valence-electron chi connectivity index (χ1n) is 8.87. The van der Waals surface area contributed by atoms with E-state index in [1.165, 1.54) is 34.8 Å². The molecule has 12 nitrogen and oxygen atoms in total. The number of nitro benzene ring substituents is 1. The van der Waals surface area contributed by atoms with E-state index in [-0.39, 0.29) is 11.6 Å². The van der Waals surface area contributed by atoms with E-state index in [4.69, 9.17) is 10.5 Å². The van der Waals surface area contributed by atoms with E-state index in [0.29, 0.717) is 21.9 Å². The third-order valence-corrected chi connectivity index (χ3v) is 5.76. The Bertz CT molecular complexity index is 1080. The summed E-state index contributed by atoms with van der Waals surface area (Å²) in [6.07, 6.45) is -3.07. The zero-order chi connectivity index (χ0) is 21.4. The normalized spacial score (nSPS) is 23.8. The van der Waals surface area contributed by atoms with Gasteiger partial charge in [0.15, 0.2) is 11.9 Å². The number of rotatable bonds is 6. The predicted molar refractivity (Wildman–Crippen MR) is 105 cm³/mol. The van der Waals surface area contributed by atoms with E-state index in [2.05, 4.69) is 15.0 Å². The molecule has 30 heavy (non-hydrogen) atoms. The van der Waals surface area contributed by atoms with E-state index in [9.17, 15) is 25.4 Å². The lowest BCUT2D eigenvalue weighted by Crippen LogP contribution is -2.33. The van der Waals surface area contributed by atoms with Gasteiger partial charge in [0.25, 0.3) is 5.69 Å². The van der Waals surface area contributed by atoms with E-state index < -0.39 is 36.1 Å². The smallest absolute Gasteiger partial charge is 0.269 e. The highest BCUT2D eigenvalue weighted by atomic mass is 32.2. The van der Waals surface area contributed by atoms with E-state index in [0.717, 1.165) is 5.56 Å². The molecule has 13 heteroatoms. The van der Waals surface area contributed by atoms with Gasteiger partial charge in [-0.15, -0.1) is 0 Å². The van der Waals surface area contributed by atoms with Crippen LogP contribution >= 0.6 is 11.8 Å². The molecule has 3 aromatic rings. The van der Waals surface area contributed by atoms with E-state index in [1.807, 2.05) is 0 Å². The first-order chi connectivity index (χ1) is 14.4. The molecule has 2 aromatic heterocycles. The van der Waals surface area contributed by atoms with Crippen molar-refractivity contribution in [3.63, 3.8) is 0 Å². The minimum absolute atomic E-state index is 0.00894. The zero-order valence-corrected chi connectivity index (χ0v) is 16.2. The summed E-state index contributed by atoms with van der Waals surface area (Å²) in [5.74, 6) is 0.451. The van der Waals surface area contributed by atoms with Gasteiger partial charge in [0.1, 0.15) is 28.9 Å². The number of nitrogen functional groups attached to an aromatic ring is 1. The van der Waals surface area contributed by atoms with Crippen molar-refractivity contribution in [1.82, 2.24) is 19.5 Å². The van der Waals surface area contributed by atoms with Crippen molar-refractivity contribution in [2.24, 2.45) is 0 Å². The van der Waals surface area contributed by atoms with Crippen LogP contribution in [0.1, 0.15) is 11.8 Å². The predicted octanol–water partition coefficient (Wildman–Crippen LogP) is 0.220. The molecule has 5 N–H and O–H groups in total. The quantitative estimate of drug-likeness (QED) is 0.180. The molecule has 1 saturated heterocycles. The third-order valence-electron chi connectivity index (χ3n) is 4.72. The second-order valence-electron chi connectivity index (χ2n) is 6.65. The number of hydrogen-bond donors (Lipinski definition) is 4. The first kappa shape index (κ1) is 20.4. The second-order valence-corrected chi connectivity index (χ2v) is 7.62. The Morgan fingerprint density at radius 3 is 2.60 bits per heavy atom. The number of nitrogens with two attached hydrogens (primary N) is 1. The van der Waals surface area contributed by atoms with Gasteiger partial charge in [0, 0.05) is 17.9 Å². The number of imidazole rings is 1. The number of ether oxygens (including phenoxy) is 1. The fourth-order valence-corrected chi connectivity index (χ4v) is 4.10. The van der Waals surface area contributed by atoms with Gasteiger partial charge in [-0.2, -0.15) is 4.98 Å². The maximum Gasteiger partial charge on any atom is 0.269 e. The summed E-state index contributed by atoms with van der Waals surface area (Å²) in [4.78, 5) is 23.0. The number of thioether (sulfide) groups is 1. The maximum atomic E-state index is 10.8. The number of anilines is 1. The number of nitrogens with zero attached hydrogens (tertiary/aromatic N) is 5. The number of hydrogen-bond acceptors (Lipinski definition) is 11. The Hall–Kier alpha value is -2.84. The van der Waals surface area contributed by atoms with Crippen LogP contribution in [0.5, 0.6) is 0 Å². The van der Waals surface area contributed by atoms with Crippen LogP contribution in [-0.4, -0.2) is 64.7 Å². The van der Waals surface area contributed by atoms with Crippen LogP contribution in [0.3, 0.4) is 0 Å². The molecule has 0 amide bonds. The summed E-state index contributed by atoms with van der Waals surface area (Å²) in [6.45, 7) is -0.450. The van der Waals surface area contributed by atoms with Gasteiger partial charge in [-0.1, -0.05) is 23.9 Å². The van der Waals surface area contributed by atoms with Crippen molar-refractivity contribution in [2.75, 3.05) is 12.3 Å². The van der Waals surface area contributed by atoms with Crippen LogP contribution in [0.15, 0.2) is 35.6 Å². The maximum absolute atomic E-state index is 10.8. The average Bonchev–Trinajstić information content (AvgIpc) is 3.27. The molecule has 1 aromatic carbocycles. The molecule has 1 fully saturated rings. The highest BCUT2D eigenvalue weighted by Crippen LogP contribution is 2.34. The van der Waals surface area contributed by atoms with E-state index in [1.54, 1.807) is 12.1 Å². The van der Waals surface area contributed by atoms with Crippen LogP contribution in [0.25, 0.3) is 11.2 Å². The van der Waals surface area contributed by atoms with E-state index >= 15 is 0 Å². The van der Waals surface area contributed by atoms with Gasteiger partial charge < -0.3 is 25.8 Å². The lowest BCUT2D eigenvalue weighted by molar-refractivity contribution is -0.384. The minimum atomic E-state index is -1.29. The van der Waals surface area contributed by atoms with Crippen LogP contribution in [0.4, 0.5) is 11.6 Å². The fourth-order valence-electron chi connectivity index (χ4n) is 3.17. The Morgan fingerprint density at radius 2 is 1.97 bits per heavy atom. The number of aliphatic hydroxyl groups is 3. The molecule has 0 bridgehead atoms. The van der Waals surface area contributed by atoms with Gasteiger partial charge in [-0.25, -0.2) is 9.97 Å². The van der Waals surface area contributed by atoms with Crippen LogP contribution in [0, 0.1) is 10.1 Å². The van der Waals surface area contributed by atoms with Gasteiger partial charge >= 0.3 is 0 Å². The molecule has 4 atom stereocenters. The van der Waals surface area contributed by atoms with Crippen LogP contribution < -0.4 is 5.73 Å². The van der Waals surface area contributed by atoms with Crippen LogP contribution in [0.2, 0.25) is 0 Å². The summed E-state index contributed by atoms with van der Waals surface area (Å²) >= 11 is 1.32. The molecule has 0 aliphatic carbocycles. The Morgan fingerprint density at radius 1 is 1.23 bits per heavy atom. The van der Waals surface area contributed by atoms with Crippen molar-refractivity contribution in [3.8, 4) is 0 Å². The summed E-state index contributed by atoms with van der Waals surface area (Å²) in [5, 5.41) is 40.8. The summed E-state index contributed by atoms with van der Waals surface area (Å²) < 4.78 is 6.97. The van der Waals surface area contributed by atoms with Crippen molar-refractivity contribution >= 4 is 34.6 Å². The minimum Gasteiger partial charge on any atom is -0.394 e. The van der Waals surface area contributed by atoms with Gasteiger partial charge in [0.05, 0.1) is 17.9 Å². The molecule has 1 aliphatic rings. The third kappa shape index (κ3) is 3.68. The van der Waals surface area contributed by atoms with Crippen molar-refractivity contribution in [3.05, 3.63) is 46.3 Å². The SMILES string of the molecule is Nc1nc(SCc2ccc([N+](=O)[O-])cc2)c2ncn([C@@H]3O[C@@H](CO)[C@@H](O)[C@H]3O)c2n1. The number of fused-ring (bicyclic) bond motifs is 1. The summed E-state index contributed by atoms with van der Waals surface area (Å²) in [7, 11) is 0. The molecular weight excluding hydrogens is 416 g/mol. The van der Waals surface area contributed by atoms with Crippen LogP contribution in [-0.2, 0) is 10.5 Å². The molecule has 0 unspecified atom stereocenters. The van der Waals surface area contributed by atoms with Gasteiger partial charge in [-0.05, 0) is 5.56 Å². The highest BCUT2D eigenvalue weighted by Gasteiger charge is 2.44. The van der Waals surface area contributed by atoms with Gasteiger partial charge in [0.2, 0.25) is 5.95 Å². The lowest BCUT2D eigenvalue weighted by atomic mass is 10.1. The number of nitro groups is 1. The average molecular weight is 434 g/mol. The highest BCUT2D eigenvalue weighted by molar-refractivity contribution is 7.98. The number of aromatic nitrogens is 4. The Labute approximate surface area is 173 Å². The molecule has 0 radical (unpaired) electrons. The largest absolute Gasteiger partial charge is 0.394 e. The molecule has 0 spiro atoms. The van der Waals surface area contributed by atoms with Crippen molar-refractivity contribution in [1.29, 1.82) is 0 Å². The molecule has 1 aliphatic heterocycles. The molecule has 158 valence electrons. The lowest BCUT2D eigenvalue weighted by Gasteiger charge is -2.16. The molecule has 4 rings (SSSR count). The second kappa shape index (κ2) is 8.12. The standard InChI is InChI=1S/C17H18N6O6S/c18-17-20-14-11(19-7-22(14)16-13(26)12(25)10(5-24)29-16)15(21-17)30-6-8-1-3-9(4-2-8)23(27)28/h1-4,7,10,12-13,16,24-26H,5-6H2,(H2,18,20,21)/t10-,12+,13+,16+/m0/s1. The zero-order valence-electron chi connectivity index (χ0n) is 15.4. The Balaban J connectivity index is 1.60. The summed E-state index contributed by atoms with van der Waals surface area (Å²) in [5.41, 5.74) is 7.43. The van der Waals surface area contributed by atoms with Gasteiger partial charge in [-0.3, -0.25) is 14.7 Å². The molecular formula is C17H18N6O6S. The number of non-ortho nitro benzene ring substituents is 1. The monoisotopic (exact) mass is 434 g/mol. The number of aliphatic hydroxyl groups excluding tert-OH is 3. The number of benzene rings is 1. The Kier molecular flexibility index (Phi) is 5.53. The summed E-state index contributed by atoms with van der Waals surface area (Å²) in [6, 6.07) is 6.17.